The second-order valence-electron chi connectivity index (χ2n) is 5.91. The van der Waals surface area contributed by atoms with Crippen LogP contribution in [0.15, 0.2) is 97.1 Å². The monoisotopic (exact) mass is 880 g/mol. The lowest BCUT2D eigenvalue weighted by Crippen LogP contribution is -1.65. The molecular weight excluding hydrogens is 860 g/mol. The molecular formula is C24H20I4O4. The Labute approximate surface area is 242 Å². The van der Waals surface area contributed by atoms with Gasteiger partial charge in [-0.2, -0.15) is 0 Å². The molecule has 0 atom stereocenters. The van der Waals surface area contributed by atoms with E-state index in [9.17, 15) is 0 Å². The minimum Gasteiger partial charge on any atom is -0.508 e. The van der Waals surface area contributed by atoms with Crippen LogP contribution in [-0.2, 0) is 0 Å². The van der Waals surface area contributed by atoms with Crippen molar-refractivity contribution < 1.29 is 20.4 Å². The van der Waals surface area contributed by atoms with Crippen molar-refractivity contribution in [2.24, 2.45) is 0 Å². The summed E-state index contributed by atoms with van der Waals surface area (Å²) in [5.41, 5.74) is 0. The van der Waals surface area contributed by atoms with Gasteiger partial charge in [0.15, 0.2) is 0 Å². The van der Waals surface area contributed by atoms with Gasteiger partial charge in [-0.05, 0) is 187 Å². The predicted molar refractivity (Wildman–Crippen MR) is 163 cm³/mol. The molecule has 0 amide bonds. The topological polar surface area (TPSA) is 80.9 Å². The highest BCUT2D eigenvalue weighted by molar-refractivity contribution is 14.1. The largest absolute Gasteiger partial charge is 0.508 e. The van der Waals surface area contributed by atoms with Crippen LogP contribution in [-0.4, -0.2) is 20.4 Å². The van der Waals surface area contributed by atoms with Crippen molar-refractivity contribution in [1.82, 2.24) is 0 Å². The summed E-state index contributed by atoms with van der Waals surface area (Å²) in [6.07, 6.45) is 0. The quantitative estimate of drug-likeness (QED) is 0.135. The number of hydrogen-bond acceptors (Lipinski definition) is 4. The third kappa shape index (κ3) is 14.9. The number of phenols is 4. The SMILES string of the molecule is Oc1ccc(I)cc1.Oc1ccc(I)cc1.Oc1ccc(I)cc1.Oc1ccc(I)cc1. The molecule has 0 aromatic heterocycles. The van der Waals surface area contributed by atoms with Crippen molar-refractivity contribution >= 4 is 90.4 Å². The molecule has 0 unspecified atom stereocenters. The van der Waals surface area contributed by atoms with Gasteiger partial charge in [0.25, 0.3) is 0 Å². The number of aromatic hydroxyl groups is 4. The lowest BCUT2D eigenvalue weighted by Gasteiger charge is -1.87. The van der Waals surface area contributed by atoms with Crippen molar-refractivity contribution in [2.45, 2.75) is 0 Å². The Morgan fingerprint density at radius 2 is 0.406 bits per heavy atom. The van der Waals surface area contributed by atoms with E-state index in [-0.39, 0.29) is 0 Å². The van der Waals surface area contributed by atoms with Crippen LogP contribution in [0, 0.1) is 14.3 Å². The maximum atomic E-state index is 8.75. The zero-order valence-corrected chi connectivity index (χ0v) is 25.2. The Hall–Kier alpha value is -1.000. The smallest absolute Gasteiger partial charge is 0.115 e. The van der Waals surface area contributed by atoms with Crippen LogP contribution in [0.25, 0.3) is 0 Å². The van der Waals surface area contributed by atoms with Gasteiger partial charge in [-0.25, -0.2) is 0 Å². The molecule has 4 aromatic rings. The van der Waals surface area contributed by atoms with Crippen LogP contribution in [0.3, 0.4) is 0 Å². The summed E-state index contributed by atoms with van der Waals surface area (Å²) in [6.45, 7) is 0. The Balaban J connectivity index is 0.000000213. The number of halogens is 4. The molecule has 0 fully saturated rings. The minimum absolute atomic E-state index is 0.324. The van der Waals surface area contributed by atoms with Gasteiger partial charge in [0.2, 0.25) is 0 Å². The second-order valence-corrected chi connectivity index (χ2v) is 10.9. The van der Waals surface area contributed by atoms with Crippen LogP contribution in [0.2, 0.25) is 0 Å². The zero-order chi connectivity index (χ0) is 23.9. The average molecular weight is 880 g/mol. The molecule has 32 heavy (non-hydrogen) atoms. The van der Waals surface area contributed by atoms with E-state index in [1.165, 1.54) is 0 Å². The molecule has 0 spiro atoms. The predicted octanol–water partition coefficient (Wildman–Crippen LogP) is 7.99. The molecule has 0 saturated heterocycles. The summed E-state index contributed by atoms with van der Waals surface area (Å²) < 4.78 is 4.56. The Morgan fingerprint density at radius 3 is 0.500 bits per heavy atom. The first-order chi connectivity index (χ1) is 15.2. The molecule has 0 aliphatic heterocycles. The first kappa shape index (κ1) is 29.0. The van der Waals surface area contributed by atoms with Crippen molar-refractivity contribution in [3.8, 4) is 23.0 Å². The van der Waals surface area contributed by atoms with Gasteiger partial charge in [-0.15, -0.1) is 0 Å². The highest BCUT2D eigenvalue weighted by Crippen LogP contribution is 2.12. The van der Waals surface area contributed by atoms with E-state index >= 15 is 0 Å². The first-order valence-electron chi connectivity index (χ1n) is 8.94. The number of hydrogen-bond donors (Lipinski definition) is 4. The summed E-state index contributed by atoms with van der Waals surface area (Å²) in [5, 5.41) is 35.0. The van der Waals surface area contributed by atoms with Crippen LogP contribution in [0.4, 0.5) is 0 Å². The minimum atomic E-state index is 0.324. The highest BCUT2D eigenvalue weighted by atomic mass is 127. The number of benzene rings is 4. The van der Waals surface area contributed by atoms with Crippen LogP contribution < -0.4 is 0 Å². The molecule has 0 saturated carbocycles. The van der Waals surface area contributed by atoms with Crippen molar-refractivity contribution in [2.75, 3.05) is 0 Å². The summed E-state index contributed by atoms with van der Waals surface area (Å²) >= 11 is 8.74. The van der Waals surface area contributed by atoms with E-state index in [1.54, 1.807) is 48.5 Å². The molecule has 4 N–H and O–H groups in total. The molecule has 8 heteroatoms. The van der Waals surface area contributed by atoms with E-state index in [4.69, 9.17) is 20.4 Å². The number of phenolic OH excluding ortho intramolecular Hbond substituents is 4. The summed E-state index contributed by atoms with van der Waals surface area (Å²) in [4.78, 5) is 0. The standard InChI is InChI=1S/4C6H5IO/c4*7-5-1-3-6(8)4-2-5/h4*1-4,8H. The fourth-order valence-corrected chi connectivity index (χ4v) is 3.20. The van der Waals surface area contributed by atoms with E-state index < -0.39 is 0 Å². The molecule has 4 nitrogen and oxygen atoms in total. The Bertz CT molecular complexity index is 764. The van der Waals surface area contributed by atoms with E-state index in [0.29, 0.717) is 23.0 Å². The number of rotatable bonds is 0. The third-order valence-corrected chi connectivity index (χ3v) is 6.18. The van der Waals surface area contributed by atoms with Gasteiger partial charge in [0.1, 0.15) is 23.0 Å². The van der Waals surface area contributed by atoms with Gasteiger partial charge in [0, 0.05) is 14.3 Å². The highest BCUT2D eigenvalue weighted by Gasteiger charge is 1.85. The van der Waals surface area contributed by atoms with E-state index in [2.05, 4.69) is 90.4 Å². The normalized spacial score (nSPS) is 9.12. The van der Waals surface area contributed by atoms with Crippen molar-refractivity contribution in [3.63, 3.8) is 0 Å². The molecule has 4 rings (SSSR count). The average Bonchev–Trinajstić information content (AvgIpc) is 2.78. The molecule has 0 aliphatic rings. The summed E-state index contributed by atoms with van der Waals surface area (Å²) in [5.74, 6) is 1.30. The third-order valence-electron chi connectivity index (χ3n) is 3.31. The molecule has 0 bridgehead atoms. The van der Waals surface area contributed by atoms with Gasteiger partial charge in [-0.1, -0.05) is 0 Å². The molecule has 0 aliphatic carbocycles. The zero-order valence-electron chi connectivity index (χ0n) is 16.5. The van der Waals surface area contributed by atoms with Gasteiger partial charge >= 0.3 is 0 Å². The first-order valence-corrected chi connectivity index (χ1v) is 13.3. The molecule has 0 heterocycles. The molecule has 4 aromatic carbocycles. The molecule has 0 radical (unpaired) electrons. The molecule has 168 valence electrons. The fraction of sp³-hybridized carbons (Fsp3) is 0. The lowest BCUT2D eigenvalue weighted by atomic mass is 10.3. The van der Waals surface area contributed by atoms with Crippen molar-refractivity contribution in [3.05, 3.63) is 111 Å². The fourth-order valence-electron chi connectivity index (χ4n) is 1.76. The second kappa shape index (κ2) is 16.6. The van der Waals surface area contributed by atoms with Crippen molar-refractivity contribution in [1.29, 1.82) is 0 Å². The van der Waals surface area contributed by atoms with Crippen LogP contribution in [0.1, 0.15) is 0 Å². The maximum Gasteiger partial charge on any atom is 0.115 e. The summed E-state index contributed by atoms with van der Waals surface area (Å²) in [6, 6.07) is 28.2. The Morgan fingerprint density at radius 1 is 0.281 bits per heavy atom. The summed E-state index contributed by atoms with van der Waals surface area (Å²) in [7, 11) is 0. The van der Waals surface area contributed by atoms with Gasteiger partial charge < -0.3 is 20.4 Å². The van der Waals surface area contributed by atoms with E-state index in [0.717, 1.165) is 14.3 Å². The van der Waals surface area contributed by atoms with E-state index in [1.807, 2.05) is 48.5 Å². The van der Waals surface area contributed by atoms with Crippen LogP contribution >= 0.6 is 90.4 Å². The van der Waals surface area contributed by atoms with Gasteiger partial charge in [0.05, 0.1) is 0 Å². The van der Waals surface area contributed by atoms with Crippen LogP contribution in [0.5, 0.6) is 23.0 Å². The maximum absolute atomic E-state index is 8.75. The van der Waals surface area contributed by atoms with Gasteiger partial charge in [-0.3, -0.25) is 0 Å². The Kier molecular flexibility index (Phi) is 15.0. The lowest BCUT2D eigenvalue weighted by molar-refractivity contribution is 0.474.